The molecule has 0 aromatic heterocycles. The number of phenols is 1. The van der Waals surface area contributed by atoms with Crippen molar-refractivity contribution in [1.29, 1.82) is 0 Å². The van der Waals surface area contributed by atoms with E-state index in [1.54, 1.807) is 17.0 Å². The molecule has 1 aliphatic carbocycles. The lowest BCUT2D eigenvalue weighted by molar-refractivity contribution is 0.0699. The number of carbonyl (C=O) groups is 1. The van der Waals surface area contributed by atoms with Crippen LogP contribution in [0.15, 0.2) is 22.7 Å². The second-order valence-electron chi connectivity index (χ2n) is 5.08. The Morgan fingerprint density at radius 1 is 1.53 bits per heavy atom. The van der Waals surface area contributed by atoms with E-state index in [0.29, 0.717) is 22.5 Å². The second kappa shape index (κ2) is 5.92. The molecule has 1 aromatic carbocycles. The molecule has 1 aliphatic rings. The Morgan fingerprint density at radius 3 is 2.89 bits per heavy atom. The fourth-order valence-corrected chi connectivity index (χ4v) is 3.05. The molecule has 5 heteroatoms. The van der Waals surface area contributed by atoms with Gasteiger partial charge in [-0.3, -0.25) is 4.79 Å². The van der Waals surface area contributed by atoms with Gasteiger partial charge in [-0.25, -0.2) is 0 Å². The van der Waals surface area contributed by atoms with Crippen LogP contribution in [0.3, 0.4) is 0 Å². The lowest BCUT2D eigenvalue weighted by Gasteiger charge is -2.29. The molecule has 0 aliphatic heterocycles. The van der Waals surface area contributed by atoms with Crippen molar-refractivity contribution in [2.24, 2.45) is 11.7 Å². The van der Waals surface area contributed by atoms with Crippen LogP contribution >= 0.6 is 15.9 Å². The summed E-state index contributed by atoms with van der Waals surface area (Å²) in [6.45, 7) is 0.619. The average molecular weight is 327 g/mol. The van der Waals surface area contributed by atoms with E-state index in [9.17, 15) is 9.90 Å². The van der Waals surface area contributed by atoms with Crippen molar-refractivity contribution in [2.45, 2.75) is 25.3 Å². The number of halogens is 1. The summed E-state index contributed by atoms with van der Waals surface area (Å²) in [6, 6.07) is 5.11. The number of rotatable bonds is 3. The Kier molecular flexibility index (Phi) is 4.47. The van der Waals surface area contributed by atoms with Crippen LogP contribution in [0, 0.1) is 5.92 Å². The molecule has 1 saturated carbocycles. The zero-order valence-electron chi connectivity index (χ0n) is 11.0. The minimum absolute atomic E-state index is 0.0619. The molecule has 0 bridgehead atoms. The van der Waals surface area contributed by atoms with Gasteiger partial charge in [-0.1, -0.05) is 6.42 Å². The number of benzene rings is 1. The van der Waals surface area contributed by atoms with Crippen LogP contribution in [0.4, 0.5) is 0 Å². The van der Waals surface area contributed by atoms with Gasteiger partial charge in [0.15, 0.2) is 0 Å². The van der Waals surface area contributed by atoms with E-state index in [1.165, 1.54) is 6.07 Å². The largest absolute Gasteiger partial charge is 0.507 e. The summed E-state index contributed by atoms with van der Waals surface area (Å²) in [7, 11) is 1.82. The van der Waals surface area contributed by atoms with Crippen molar-refractivity contribution in [2.75, 3.05) is 13.6 Å². The molecule has 2 unspecified atom stereocenters. The van der Waals surface area contributed by atoms with Gasteiger partial charge in [0, 0.05) is 18.7 Å². The monoisotopic (exact) mass is 326 g/mol. The number of nitrogens with two attached hydrogens (primary N) is 1. The maximum absolute atomic E-state index is 12.4. The highest BCUT2D eigenvalue weighted by molar-refractivity contribution is 9.10. The van der Waals surface area contributed by atoms with Gasteiger partial charge in [0.1, 0.15) is 5.75 Å². The number of amides is 1. The lowest BCUT2D eigenvalue weighted by atomic mass is 10.0. The smallest absolute Gasteiger partial charge is 0.253 e. The van der Waals surface area contributed by atoms with Gasteiger partial charge < -0.3 is 15.7 Å². The van der Waals surface area contributed by atoms with Crippen molar-refractivity contribution < 1.29 is 9.90 Å². The quantitative estimate of drug-likeness (QED) is 0.896. The van der Waals surface area contributed by atoms with E-state index >= 15 is 0 Å². The Morgan fingerprint density at radius 2 is 2.26 bits per heavy atom. The van der Waals surface area contributed by atoms with Gasteiger partial charge in [-0.2, -0.15) is 0 Å². The van der Waals surface area contributed by atoms with Crippen molar-refractivity contribution in [1.82, 2.24) is 4.90 Å². The third kappa shape index (κ3) is 2.92. The molecule has 3 N–H and O–H groups in total. The highest BCUT2D eigenvalue weighted by Crippen LogP contribution is 2.30. The van der Waals surface area contributed by atoms with Crippen LogP contribution in [-0.4, -0.2) is 35.5 Å². The first-order valence-corrected chi connectivity index (χ1v) is 7.29. The van der Waals surface area contributed by atoms with Crippen LogP contribution in [0.2, 0.25) is 0 Å². The normalized spacial score (nSPS) is 22.5. The summed E-state index contributed by atoms with van der Waals surface area (Å²) in [6.07, 6.45) is 3.22. The first-order chi connectivity index (χ1) is 9.04. The summed E-state index contributed by atoms with van der Waals surface area (Å²) in [5.41, 5.74) is 6.27. The van der Waals surface area contributed by atoms with Crippen LogP contribution in [0.1, 0.15) is 29.6 Å². The van der Waals surface area contributed by atoms with Gasteiger partial charge in [0.25, 0.3) is 5.91 Å². The molecule has 0 saturated heterocycles. The predicted molar refractivity (Wildman–Crippen MR) is 78.1 cm³/mol. The molecule has 1 aromatic rings. The fraction of sp³-hybridized carbons (Fsp3) is 0.500. The van der Waals surface area contributed by atoms with Crippen LogP contribution in [-0.2, 0) is 0 Å². The average Bonchev–Trinajstić information content (AvgIpc) is 2.88. The van der Waals surface area contributed by atoms with Gasteiger partial charge in [-0.15, -0.1) is 0 Å². The fourth-order valence-electron chi connectivity index (χ4n) is 2.80. The van der Waals surface area contributed by atoms with Crippen molar-refractivity contribution >= 4 is 21.8 Å². The molecule has 1 fully saturated rings. The van der Waals surface area contributed by atoms with Crippen molar-refractivity contribution in [3.05, 3.63) is 28.2 Å². The third-order valence-electron chi connectivity index (χ3n) is 3.93. The standard InChI is InChI=1S/C14H19BrN2O2/c1-17(12-4-2-3-10(12)8-16)14(19)9-5-6-11(15)13(18)7-9/h5-7,10,12,18H,2-4,8,16H2,1H3. The number of phenolic OH excluding ortho intramolecular Hbond substituents is 1. The molecule has 0 radical (unpaired) electrons. The number of aromatic hydroxyl groups is 1. The molecule has 0 spiro atoms. The highest BCUT2D eigenvalue weighted by atomic mass is 79.9. The minimum atomic E-state index is -0.0619. The second-order valence-corrected chi connectivity index (χ2v) is 5.93. The molecule has 4 nitrogen and oxygen atoms in total. The van der Waals surface area contributed by atoms with E-state index in [1.807, 2.05) is 7.05 Å². The molecule has 104 valence electrons. The molecule has 1 amide bonds. The third-order valence-corrected chi connectivity index (χ3v) is 4.60. The summed E-state index contributed by atoms with van der Waals surface area (Å²) < 4.78 is 0.590. The Labute approximate surface area is 121 Å². The Bertz CT molecular complexity index is 479. The molecular formula is C14H19BrN2O2. The zero-order valence-corrected chi connectivity index (χ0v) is 12.6. The summed E-state index contributed by atoms with van der Waals surface area (Å²) in [4.78, 5) is 14.2. The van der Waals surface area contributed by atoms with E-state index < -0.39 is 0 Å². The number of carbonyl (C=O) groups excluding carboxylic acids is 1. The first-order valence-electron chi connectivity index (χ1n) is 6.50. The summed E-state index contributed by atoms with van der Waals surface area (Å²) in [5.74, 6) is 0.409. The number of hydrogen-bond acceptors (Lipinski definition) is 3. The van der Waals surface area contributed by atoms with Crippen LogP contribution in [0.25, 0.3) is 0 Å². The Balaban J connectivity index is 2.16. The topological polar surface area (TPSA) is 66.6 Å². The molecule has 0 heterocycles. The SMILES string of the molecule is CN(C(=O)c1ccc(Br)c(O)c1)C1CCCC1CN. The van der Waals surface area contributed by atoms with Crippen molar-refractivity contribution in [3.8, 4) is 5.75 Å². The summed E-state index contributed by atoms with van der Waals surface area (Å²) >= 11 is 3.21. The van der Waals surface area contributed by atoms with E-state index in [4.69, 9.17) is 5.73 Å². The molecule has 2 atom stereocenters. The van der Waals surface area contributed by atoms with Crippen LogP contribution < -0.4 is 5.73 Å². The van der Waals surface area contributed by atoms with E-state index in [0.717, 1.165) is 19.3 Å². The van der Waals surface area contributed by atoms with Gasteiger partial charge in [-0.05, 0) is 59.4 Å². The first kappa shape index (κ1) is 14.3. The molecule has 19 heavy (non-hydrogen) atoms. The highest BCUT2D eigenvalue weighted by Gasteiger charge is 2.32. The van der Waals surface area contributed by atoms with Gasteiger partial charge in [0.2, 0.25) is 0 Å². The Hall–Kier alpha value is -1.07. The molecular weight excluding hydrogens is 308 g/mol. The van der Waals surface area contributed by atoms with Crippen LogP contribution in [0.5, 0.6) is 5.75 Å². The predicted octanol–water partition coefficient (Wildman–Crippen LogP) is 2.35. The van der Waals surface area contributed by atoms with E-state index in [-0.39, 0.29) is 17.7 Å². The van der Waals surface area contributed by atoms with Gasteiger partial charge in [0.05, 0.1) is 4.47 Å². The van der Waals surface area contributed by atoms with E-state index in [2.05, 4.69) is 15.9 Å². The lowest BCUT2D eigenvalue weighted by Crippen LogP contribution is -2.41. The zero-order chi connectivity index (χ0) is 14.0. The number of hydrogen-bond donors (Lipinski definition) is 2. The van der Waals surface area contributed by atoms with Crippen molar-refractivity contribution in [3.63, 3.8) is 0 Å². The minimum Gasteiger partial charge on any atom is -0.507 e. The molecule has 2 rings (SSSR count). The maximum Gasteiger partial charge on any atom is 0.253 e. The van der Waals surface area contributed by atoms with Gasteiger partial charge >= 0.3 is 0 Å². The maximum atomic E-state index is 12.4. The summed E-state index contributed by atoms with van der Waals surface area (Å²) in [5, 5.41) is 9.66. The number of nitrogens with zero attached hydrogens (tertiary/aromatic N) is 1.